The zero-order chi connectivity index (χ0) is 21.1. The van der Waals surface area contributed by atoms with E-state index in [4.69, 9.17) is 4.42 Å². The number of benzene rings is 3. The first-order valence-electron chi connectivity index (χ1n) is 9.51. The van der Waals surface area contributed by atoms with E-state index in [1.807, 2.05) is 31.2 Å². The molecule has 150 valence electrons. The second-order valence-electron chi connectivity index (χ2n) is 7.11. The van der Waals surface area contributed by atoms with Crippen molar-refractivity contribution in [3.63, 3.8) is 0 Å². The average molecular weight is 401 g/mol. The van der Waals surface area contributed by atoms with Crippen LogP contribution in [0.1, 0.15) is 21.5 Å². The molecule has 30 heavy (non-hydrogen) atoms. The van der Waals surface area contributed by atoms with Gasteiger partial charge < -0.3 is 9.32 Å². The molecule has 0 aliphatic rings. The van der Waals surface area contributed by atoms with Crippen molar-refractivity contribution in [3.05, 3.63) is 95.3 Å². The van der Waals surface area contributed by atoms with Crippen molar-refractivity contribution in [1.29, 1.82) is 0 Å². The standard InChI is InChI=1S/C24H20FN3O2/c1-16-7-9-17(10-8-16)22-26-27-23(30-22)18-11-13-19(14-12-18)24(29)28(2)15-20-5-3-4-6-21(20)25/h3-14H,15H2,1-2H3. The quantitative estimate of drug-likeness (QED) is 0.466. The molecule has 0 aliphatic carbocycles. The van der Waals surface area contributed by atoms with Gasteiger partial charge in [0.25, 0.3) is 5.91 Å². The van der Waals surface area contributed by atoms with Gasteiger partial charge in [-0.2, -0.15) is 0 Å². The van der Waals surface area contributed by atoms with E-state index in [0.29, 0.717) is 28.5 Å². The van der Waals surface area contributed by atoms with Crippen LogP contribution in [0.3, 0.4) is 0 Å². The third kappa shape index (κ3) is 4.12. The van der Waals surface area contributed by atoms with Gasteiger partial charge in [0.2, 0.25) is 11.8 Å². The van der Waals surface area contributed by atoms with Gasteiger partial charge in [-0.05, 0) is 49.4 Å². The molecule has 1 amide bonds. The molecule has 0 radical (unpaired) electrons. The van der Waals surface area contributed by atoms with Gasteiger partial charge in [-0.15, -0.1) is 10.2 Å². The van der Waals surface area contributed by atoms with E-state index >= 15 is 0 Å². The van der Waals surface area contributed by atoms with Crippen LogP contribution in [-0.4, -0.2) is 28.1 Å². The fourth-order valence-electron chi connectivity index (χ4n) is 3.08. The number of carbonyl (C=O) groups excluding carboxylic acids is 1. The normalized spacial score (nSPS) is 10.8. The Morgan fingerprint density at radius 2 is 1.47 bits per heavy atom. The Kier molecular flexibility index (Phi) is 5.39. The minimum absolute atomic E-state index is 0.191. The van der Waals surface area contributed by atoms with Crippen LogP contribution in [0.5, 0.6) is 0 Å². The molecular formula is C24H20FN3O2. The van der Waals surface area contributed by atoms with Crippen LogP contribution >= 0.6 is 0 Å². The highest BCUT2D eigenvalue weighted by Crippen LogP contribution is 2.24. The van der Waals surface area contributed by atoms with E-state index in [1.165, 1.54) is 11.0 Å². The van der Waals surface area contributed by atoms with E-state index in [-0.39, 0.29) is 18.3 Å². The lowest BCUT2D eigenvalue weighted by Crippen LogP contribution is -2.26. The summed E-state index contributed by atoms with van der Waals surface area (Å²) in [6.07, 6.45) is 0. The molecule has 5 nitrogen and oxygen atoms in total. The third-order valence-corrected chi connectivity index (χ3v) is 4.81. The fraction of sp³-hybridized carbons (Fsp3) is 0.125. The molecule has 6 heteroatoms. The first-order valence-corrected chi connectivity index (χ1v) is 9.51. The number of aromatic nitrogens is 2. The van der Waals surface area contributed by atoms with Crippen molar-refractivity contribution in [2.45, 2.75) is 13.5 Å². The monoisotopic (exact) mass is 401 g/mol. The first kappa shape index (κ1) is 19.5. The summed E-state index contributed by atoms with van der Waals surface area (Å²) >= 11 is 0. The van der Waals surface area contributed by atoms with Crippen molar-refractivity contribution in [2.24, 2.45) is 0 Å². The predicted octanol–water partition coefficient (Wildman–Crippen LogP) is 5.12. The van der Waals surface area contributed by atoms with Crippen LogP contribution in [0, 0.1) is 12.7 Å². The summed E-state index contributed by atoms with van der Waals surface area (Å²) in [5.41, 5.74) is 3.68. The molecule has 0 bridgehead atoms. The molecule has 4 aromatic rings. The number of carbonyl (C=O) groups is 1. The Hall–Kier alpha value is -3.80. The van der Waals surface area contributed by atoms with E-state index in [2.05, 4.69) is 10.2 Å². The van der Waals surface area contributed by atoms with Crippen LogP contribution in [0.15, 0.2) is 77.2 Å². The van der Waals surface area contributed by atoms with Crippen molar-refractivity contribution >= 4 is 5.91 Å². The van der Waals surface area contributed by atoms with Gasteiger partial charge in [0.15, 0.2) is 0 Å². The van der Waals surface area contributed by atoms with Crippen LogP contribution in [0.2, 0.25) is 0 Å². The summed E-state index contributed by atoms with van der Waals surface area (Å²) in [5.74, 6) is 0.294. The molecule has 0 unspecified atom stereocenters. The first-order chi connectivity index (χ1) is 14.5. The summed E-state index contributed by atoms with van der Waals surface area (Å²) < 4.78 is 19.6. The van der Waals surface area contributed by atoms with Crippen LogP contribution in [0.25, 0.3) is 22.9 Å². The molecule has 3 aromatic carbocycles. The number of hydrogen-bond acceptors (Lipinski definition) is 4. The van der Waals surface area contributed by atoms with Gasteiger partial charge in [-0.3, -0.25) is 4.79 Å². The molecular weight excluding hydrogens is 381 g/mol. The average Bonchev–Trinajstić information content (AvgIpc) is 3.26. The molecule has 0 atom stereocenters. The summed E-state index contributed by atoms with van der Waals surface area (Å²) in [5, 5.41) is 8.21. The number of rotatable bonds is 5. The molecule has 1 aromatic heterocycles. The lowest BCUT2D eigenvalue weighted by atomic mass is 10.1. The maximum Gasteiger partial charge on any atom is 0.253 e. The molecule has 1 heterocycles. The zero-order valence-corrected chi connectivity index (χ0v) is 16.7. The number of aryl methyl sites for hydroxylation is 1. The second kappa shape index (κ2) is 8.29. The molecule has 0 N–H and O–H groups in total. The van der Waals surface area contributed by atoms with Crippen molar-refractivity contribution in [2.75, 3.05) is 7.05 Å². The van der Waals surface area contributed by atoms with E-state index in [0.717, 1.165) is 11.1 Å². The zero-order valence-electron chi connectivity index (χ0n) is 16.7. The summed E-state index contributed by atoms with van der Waals surface area (Å²) in [4.78, 5) is 14.2. The molecule has 0 saturated heterocycles. The number of halogens is 1. The topological polar surface area (TPSA) is 59.2 Å². The Morgan fingerprint density at radius 3 is 2.07 bits per heavy atom. The minimum Gasteiger partial charge on any atom is -0.416 e. The summed E-state index contributed by atoms with van der Waals surface area (Å²) in [6, 6.07) is 21.2. The van der Waals surface area contributed by atoms with Gasteiger partial charge in [-0.1, -0.05) is 35.9 Å². The predicted molar refractivity (Wildman–Crippen MR) is 112 cm³/mol. The Morgan fingerprint density at radius 1 is 0.900 bits per heavy atom. The van der Waals surface area contributed by atoms with Crippen molar-refractivity contribution in [3.8, 4) is 22.9 Å². The highest BCUT2D eigenvalue weighted by atomic mass is 19.1. The highest BCUT2D eigenvalue weighted by molar-refractivity contribution is 5.94. The lowest BCUT2D eigenvalue weighted by molar-refractivity contribution is 0.0784. The molecule has 0 aliphatic heterocycles. The van der Waals surface area contributed by atoms with E-state index < -0.39 is 0 Å². The number of nitrogens with zero attached hydrogens (tertiary/aromatic N) is 3. The summed E-state index contributed by atoms with van der Waals surface area (Å²) in [7, 11) is 1.65. The maximum absolute atomic E-state index is 13.8. The van der Waals surface area contributed by atoms with Crippen LogP contribution < -0.4 is 0 Å². The Bertz CT molecular complexity index is 1170. The van der Waals surface area contributed by atoms with E-state index in [9.17, 15) is 9.18 Å². The third-order valence-electron chi connectivity index (χ3n) is 4.81. The highest BCUT2D eigenvalue weighted by Gasteiger charge is 2.15. The largest absolute Gasteiger partial charge is 0.416 e. The smallest absolute Gasteiger partial charge is 0.253 e. The van der Waals surface area contributed by atoms with Crippen LogP contribution in [-0.2, 0) is 6.54 Å². The SMILES string of the molecule is Cc1ccc(-c2nnc(-c3ccc(C(=O)N(C)Cc4ccccc4F)cc3)o2)cc1. The number of amides is 1. The van der Waals surface area contributed by atoms with Crippen molar-refractivity contribution < 1.29 is 13.6 Å². The molecule has 0 fully saturated rings. The lowest BCUT2D eigenvalue weighted by Gasteiger charge is -2.17. The Labute approximate surface area is 173 Å². The van der Waals surface area contributed by atoms with E-state index in [1.54, 1.807) is 49.5 Å². The molecule has 4 rings (SSSR count). The van der Waals surface area contributed by atoms with Gasteiger partial charge in [0.05, 0.1) is 0 Å². The molecule has 0 spiro atoms. The van der Waals surface area contributed by atoms with Gasteiger partial charge in [0.1, 0.15) is 5.82 Å². The maximum atomic E-state index is 13.8. The van der Waals surface area contributed by atoms with Gasteiger partial charge >= 0.3 is 0 Å². The van der Waals surface area contributed by atoms with Crippen LogP contribution in [0.4, 0.5) is 4.39 Å². The van der Waals surface area contributed by atoms with Crippen molar-refractivity contribution in [1.82, 2.24) is 15.1 Å². The molecule has 0 saturated carbocycles. The second-order valence-corrected chi connectivity index (χ2v) is 7.11. The van der Waals surface area contributed by atoms with Gasteiger partial charge in [-0.25, -0.2) is 4.39 Å². The fourth-order valence-corrected chi connectivity index (χ4v) is 3.08. The van der Waals surface area contributed by atoms with Gasteiger partial charge in [0, 0.05) is 35.8 Å². The minimum atomic E-state index is -0.326. The summed E-state index contributed by atoms with van der Waals surface area (Å²) in [6.45, 7) is 2.20. The number of hydrogen-bond donors (Lipinski definition) is 0. The Balaban J connectivity index is 1.48.